The maximum atomic E-state index is 9.02. The number of aliphatic hydroxyl groups is 1. The van der Waals surface area contributed by atoms with E-state index in [0.717, 1.165) is 6.42 Å². The minimum absolute atomic E-state index is 0. The first-order chi connectivity index (χ1) is 21.2. The van der Waals surface area contributed by atoms with Crippen LogP contribution in [0.2, 0.25) is 0 Å². The fourth-order valence-electron chi connectivity index (χ4n) is 7.02. The zero-order valence-electron chi connectivity index (χ0n) is 31.1. The minimum Gasteiger partial charge on any atom is -1.00 e. The summed E-state index contributed by atoms with van der Waals surface area (Å²) in [5, 5.41) is 9.02. The number of unbranched alkanes of at least 4 members (excludes halogenated alkanes) is 31. The summed E-state index contributed by atoms with van der Waals surface area (Å²) in [5.74, 6) is 0. The second kappa shape index (κ2) is 39.4. The molecular formula is C41H86ClNO. The Morgan fingerprint density at radius 3 is 0.682 bits per heavy atom. The van der Waals surface area contributed by atoms with Crippen molar-refractivity contribution >= 4 is 0 Å². The van der Waals surface area contributed by atoms with Crippen LogP contribution in [-0.2, 0) is 0 Å². The normalized spacial score (nSPS) is 11.7. The van der Waals surface area contributed by atoms with Crippen LogP contribution in [0.15, 0.2) is 0 Å². The summed E-state index contributed by atoms with van der Waals surface area (Å²) >= 11 is 0. The zero-order chi connectivity index (χ0) is 31.4. The molecule has 0 aromatic heterocycles. The molecule has 1 N–H and O–H groups in total. The van der Waals surface area contributed by atoms with Gasteiger partial charge in [0, 0.05) is 6.61 Å². The summed E-state index contributed by atoms with van der Waals surface area (Å²) in [6, 6.07) is 0. The van der Waals surface area contributed by atoms with E-state index in [1.807, 2.05) is 0 Å². The van der Waals surface area contributed by atoms with Crippen molar-refractivity contribution in [3.8, 4) is 0 Å². The lowest BCUT2D eigenvalue weighted by atomic mass is 10.0. The van der Waals surface area contributed by atoms with Gasteiger partial charge in [0.15, 0.2) is 0 Å². The van der Waals surface area contributed by atoms with E-state index >= 15 is 0 Å². The highest BCUT2D eigenvalue weighted by Gasteiger charge is 2.20. The summed E-state index contributed by atoms with van der Waals surface area (Å²) in [6.07, 6.45) is 48.4. The second-order valence-electron chi connectivity index (χ2n) is 14.8. The molecule has 0 heterocycles. The minimum atomic E-state index is 0. The van der Waals surface area contributed by atoms with E-state index in [4.69, 9.17) is 5.11 Å². The first-order valence-electron chi connectivity index (χ1n) is 20.6. The van der Waals surface area contributed by atoms with Crippen LogP contribution in [0.4, 0.5) is 0 Å². The number of rotatable bonds is 38. The molecule has 0 atom stereocenters. The molecule has 0 aliphatic rings. The summed E-state index contributed by atoms with van der Waals surface area (Å²) in [5.41, 5.74) is 0. The van der Waals surface area contributed by atoms with Gasteiger partial charge >= 0.3 is 0 Å². The van der Waals surface area contributed by atoms with Crippen molar-refractivity contribution < 1.29 is 22.0 Å². The zero-order valence-corrected chi connectivity index (χ0v) is 31.9. The molecule has 0 amide bonds. The average molecular weight is 645 g/mol. The fraction of sp³-hybridized carbons (Fsp3) is 1.00. The van der Waals surface area contributed by atoms with Gasteiger partial charge in [0.2, 0.25) is 0 Å². The van der Waals surface area contributed by atoms with Crippen LogP contribution in [0.1, 0.15) is 232 Å². The standard InChI is InChI=1S/C41H86NO.ClH/c1-4-6-8-10-12-14-16-18-20-22-24-26-30-34-38-42(3,40-36-32-28-29-33-37-41-43)39-35-31-27-25-23-21-19-17-15-13-11-9-7-5-2;/h43H,4-41H2,1-3H3;1H/q+1;/p-1. The predicted octanol–water partition coefficient (Wildman–Crippen LogP) is 10.7. The molecule has 3 heteroatoms. The predicted molar refractivity (Wildman–Crippen MR) is 196 cm³/mol. The van der Waals surface area contributed by atoms with Crippen LogP contribution < -0.4 is 12.4 Å². The van der Waals surface area contributed by atoms with Crippen molar-refractivity contribution in [2.75, 3.05) is 33.3 Å². The fourth-order valence-corrected chi connectivity index (χ4v) is 7.02. The van der Waals surface area contributed by atoms with Gasteiger partial charge < -0.3 is 22.0 Å². The first kappa shape index (κ1) is 46.3. The maximum Gasteiger partial charge on any atom is 0.0784 e. The number of aliphatic hydroxyl groups excluding tert-OH is 1. The van der Waals surface area contributed by atoms with E-state index in [1.165, 1.54) is 236 Å². The van der Waals surface area contributed by atoms with E-state index in [-0.39, 0.29) is 12.4 Å². The van der Waals surface area contributed by atoms with Crippen molar-refractivity contribution in [1.82, 2.24) is 0 Å². The van der Waals surface area contributed by atoms with Crippen LogP contribution in [0.5, 0.6) is 0 Å². The molecule has 0 unspecified atom stereocenters. The Balaban J connectivity index is 0. The Kier molecular flexibility index (Phi) is 41.5. The van der Waals surface area contributed by atoms with Crippen LogP contribution in [0.25, 0.3) is 0 Å². The molecular weight excluding hydrogens is 558 g/mol. The van der Waals surface area contributed by atoms with Crippen LogP contribution in [0.3, 0.4) is 0 Å². The van der Waals surface area contributed by atoms with Gasteiger partial charge in [-0.3, -0.25) is 0 Å². The molecule has 268 valence electrons. The average Bonchev–Trinajstić information content (AvgIpc) is 3.01. The molecule has 44 heavy (non-hydrogen) atoms. The third-order valence-corrected chi connectivity index (χ3v) is 10.2. The molecule has 0 aromatic carbocycles. The number of hydrogen-bond donors (Lipinski definition) is 1. The third kappa shape index (κ3) is 36.7. The highest BCUT2D eigenvalue weighted by atomic mass is 35.5. The topological polar surface area (TPSA) is 20.2 Å². The number of hydrogen-bond acceptors (Lipinski definition) is 1. The maximum absolute atomic E-state index is 9.02. The van der Waals surface area contributed by atoms with E-state index < -0.39 is 0 Å². The number of nitrogens with zero attached hydrogens (tertiary/aromatic N) is 1. The second-order valence-corrected chi connectivity index (χ2v) is 14.8. The van der Waals surface area contributed by atoms with Crippen molar-refractivity contribution in [2.24, 2.45) is 0 Å². The largest absolute Gasteiger partial charge is 1.00 e. The van der Waals surface area contributed by atoms with E-state index in [2.05, 4.69) is 20.9 Å². The molecule has 2 nitrogen and oxygen atoms in total. The van der Waals surface area contributed by atoms with Gasteiger partial charge in [-0.1, -0.05) is 187 Å². The smallest absolute Gasteiger partial charge is 0.0784 e. The van der Waals surface area contributed by atoms with Crippen molar-refractivity contribution in [1.29, 1.82) is 0 Å². The van der Waals surface area contributed by atoms with Gasteiger partial charge in [-0.2, -0.15) is 0 Å². The Morgan fingerprint density at radius 1 is 0.295 bits per heavy atom. The molecule has 0 aliphatic carbocycles. The lowest BCUT2D eigenvalue weighted by Gasteiger charge is -2.35. The SMILES string of the molecule is CCCCCCCCCCCCCCCC[N+](C)(CCCCCCCCO)CCCCCCCCCCCCCCCC.[Cl-]. The van der Waals surface area contributed by atoms with Crippen molar-refractivity contribution in [3.63, 3.8) is 0 Å². The highest BCUT2D eigenvalue weighted by molar-refractivity contribution is 4.53. The number of halogens is 1. The molecule has 0 rings (SSSR count). The number of quaternary nitrogens is 1. The molecule has 0 radical (unpaired) electrons. The molecule has 0 saturated carbocycles. The third-order valence-electron chi connectivity index (χ3n) is 10.2. The van der Waals surface area contributed by atoms with Crippen molar-refractivity contribution in [2.45, 2.75) is 232 Å². The molecule has 0 aliphatic heterocycles. The van der Waals surface area contributed by atoms with Crippen LogP contribution in [-0.4, -0.2) is 42.9 Å². The van der Waals surface area contributed by atoms with Gasteiger partial charge in [0.05, 0.1) is 26.7 Å². The van der Waals surface area contributed by atoms with Gasteiger partial charge in [0.25, 0.3) is 0 Å². The van der Waals surface area contributed by atoms with Crippen LogP contribution >= 0.6 is 0 Å². The van der Waals surface area contributed by atoms with E-state index in [0.29, 0.717) is 6.61 Å². The Morgan fingerprint density at radius 2 is 0.477 bits per heavy atom. The summed E-state index contributed by atoms with van der Waals surface area (Å²) < 4.78 is 1.33. The Bertz CT molecular complexity index is 467. The molecule has 0 spiro atoms. The molecule has 0 aromatic rings. The molecule has 0 bridgehead atoms. The Labute approximate surface area is 286 Å². The highest BCUT2D eigenvalue weighted by Crippen LogP contribution is 2.18. The summed E-state index contributed by atoms with van der Waals surface area (Å²) in [7, 11) is 2.58. The lowest BCUT2D eigenvalue weighted by molar-refractivity contribution is -0.910. The van der Waals surface area contributed by atoms with Crippen LogP contribution in [0, 0.1) is 0 Å². The quantitative estimate of drug-likeness (QED) is 0.0524. The molecule has 0 saturated heterocycles. The summed E-state index contributed by atoms with van der Waals surface area (Å²) in [6.45, 7) is 9.18. The Hall–Kier alpha value is 0.210. The van der Waals surface area contributed by atoms with Gasteiger partial charge in [0.1, 0.15) is 0 Å². The van der Waals surface area contributed by atoms with E-state index in [9.17, 15) is 0 Å². The monoisotopic (exact) mass is 644 g/mol. The van der Waals surface area contributed by atoms with Gasteiger partial charge in [-0.25, -0.2) is 0 Å². The summed E-state index contributed by atoms with van der Waals surface area (Å²) in [4.78, 5) is 0. The van der Waals surface area contributed by atoms with Crippen molar-refractivity contribution in [3.05, 3.63) is 0 Å². The van der Waals surface area contributed by atoms with E-state index in [1.54, 1.807) is 0 Å². The molecule has 0 fully saturated rings. The first-order valence-corrected chi connectivity index (χ1v) is 20.6. The van der Waals surface area contributed by atoms with Gasteiger partial charge in [-0.15, -0.1) is 0 Å². The van der Waals surface area contributed by atoms with Gasteiger partial charge in [-0.05, 0) is 44.9 Å². The lowest BCUT2D eigenvalue weighted by Crippen LogP contribution is -3.00.